The minimum absolute atomic E-state index is 0.242. The number of nitrogens with zero attached hydrogens (tertiary/aromatic N) is 1. The lowest BCUT2D eigenvalue weighted by Gasteiger charge is -2.27. The van der Waals surface area contributed by atoms with Gasteiger partial charge in [-0.15, -0.1) is 11.3 Å². The van der Waals surface area contributed by atoms with E-state index >= 15 is 0 Å². The molecule has 0 aliphatic rings. The summed E-state index contributed by atoms with van der Waals surface area (Å²) in [5, 5.41) is 6.39. The molecule has 108 valence electrons. The average Bonchev–Trinajstić information content (AvgIpc) is 3.14. The molecule has 2 rings (SSSR count). The molecule has 0 amide bonds. The summed E-state index contributed by atoms with van der Waals surface area (Å²) < 4.78 is 10.1. The molecule has 2 aromatic heterocycles. The van der Waals surface area contributed by atoms with Crippen molar-refractivity contribution in [2.45, 2.75) is 32.4 Å². The molecular formula is C14H18N2O3S. The van der Waals surface area contributed by atoms with Gasteiger partial charge in [-0.3, -0.25) is 5.32 Å². The normalized spacial score (nSPS) is 13.9. The first-order chi connectivity index (χ1) is 9.60. The van der Waals surface area contributed by atoms with Gasteiger partial charge in [0.2, 0.25) is 0 Å². The Labute approximate surface area is 122 Å². The Morgan fingerprint density at radius 2 is 2.40 bits per heavy atom. The van der Waals surface area contributed by atoms with E-state index in [0.717, 1.165) is 11.4 Å². The lowest BCUT2D eigenvalue weighted by molar-refractivity contribution is 0.0597. The first kappa shape index (κ1) is 14.7. The van der Waals surface area contributed by atoms with Crippen molar-refractivity contribution in [3.8, 4) is 0 Å². The van der Waals surface area contributed by atoms with E-state index in [-0.39, 0.29) is 11.5 Å². The largest absolute Gasteiger partial charge is 0.467 e. The quantitative estimate of drug-likeness (QED) is 0.830. The van der Waals surface area contributed by atoms with Gasteiger partial charge in [-0.1, -0.05) is 6.92 Å². The SMILES string of the molecule is CC[C@](C)(NCc1occc1C(=O)OC)c1nccs1. The van der Waals surface area contributed by atoms with Crippen LogP contribution in [0.1, 0.15) is 41.4 Å². The zero-order valence-corrected chi connectivity index (χ0v) is 12.6. The van der Waals surface area contributed by atoms with Gasteiger partial charge >= 0.3 is 5.97 Å². The fourth-order valence-corrected chi connectivity index (χ4v) is 2.74. The van der Waals surface area contributed by atoms with Crippen LogP contribution in [-0.2, 0) is 16.8 Å². The van der Waals surface area contributed by atoms with Crippen LogP contribution in [0.25, 0.3) is 0 Å². The Hall–Kier alpha value is -1.66. The number of esters is 1. The maximum Gasteiger partial charge on any atom is 0.341 e. The molecular weight excluding hydrogens is 276 g/mol. The van der Waals surface area contributed by atoms with Crippen LogP contribution in [0.2, 0.25) is 0 Å². The third kappa shape index (κ3) is 2.91. The number of thiazole rings is 1. The van der Waals surface area contributed by atoms with E-state index in [0.29, 0.717) is 17.9 Å². The van der Waals surface area contributed by atoms with Crippen molar-refractivity contribution in [1.29, 1.82) is 0 Å². The monoisotopic (exact) mass is 294 g/mol. The zero-order chi connectivity index (χ0) is 14.6. The van der Waals surface area contributed by atoms with Gasteiger partial charge in [0.05, 0.1) is 25.5 Å². The second kappa shape index (κ2) is 6.19. The predicted molar refractivity (Wildman–Crippen MR) is 76.6 cm³/mol. The Balaban J connectivity index is 2.12. The third-order valence-corrected chi connectivity index (χ3v) is 4.44. The summed E-state index contributed by atoms with van der Waals surface area (Å²) in [5.74, 6) is 0.191. The van der Waals surface area contributed by atoms with Gasteiger partial charge in [0.15, 0.2) is 0 Å². The lowest BCUT2D eigenvalue weighted by Crippen LogP contribution is -2.38. The summed E-state index contributed by atoms with van der Waals surface area (Å²) in [7, 11) is 1.36. The van der Waals surface area contributed by atoms with Crippen LogP contribution in [0.3, 0.4) is 0 Å². The van der Waals surface area contributed by atoms with Crippen LogP contribution >= 0.6 is 11.3 Å². The first-order valence-corrected chi connectivity index (χ1v) is 7.28. The molecule has 0 saturated carbocycles. The van der Waals surface area contributed by atoms with E-state index in [1.165, 1.54) is 13.4 Å². The molecule has 0 radical (unpaired) electrons. The van der Waals surface area contributed by atoms with Gasteiger partial charge in [-0.25, -0.2) is 9.78 Å². The zero-order valence-electron chi connectivity index (χ0n) is 11.8. The van der Waals surface area contributed by atoms with E-state index in [1.54, 1.807) is 23.6 Å². The third-order valence-electron chi connectivity index (χ3n) is 3.40. The summed E-state index contributed by atoms with van der Waals surface area (Å²) in [5.41, 5.74) is 0.214. The van der Waals surface area contributed by atoms with Crippen LogP contribution in [-0.4, -0.2) is 18.1 Å². The first-order valence-electron chi connectivity index (χ1n) is 6.40. The van der Waals surface area contributed by atoms with Gasteiger partial charge in [0.25, 0.3) is 0 Å². The molecule has 5 nitrogen and oxygen atoms in total. The molecule has 0 saturated heterocycles. The molecule has 0 spiro atoms. The lowest BCUT2D eigenvalue weighted by atomic mass is 9.99. The number of hydrogen-bond donors (Lipinski definition) is 1. The molecule has 0 aromatic carbocycles. The number of nitrogens with one attached hydrogen (secondary N) is 1. The molecule has 2 aromatic rings. The molecule has 0 fully saturated rings. The number of ether oxygens (including phenoxy) is 1. The molecule has 20 heavy (non-hydrogen) atoms. The second-order valence-electron chi connectivity index (χ2n) is 4.63. The molecule has 1 N–H and O–H groups in total. The highest BCUT2D eigenvalue weighted by Gasteiger charge is 2.27. The van der Waals surface area contributed by atoms with Crippen LogP contribution < -0.4 is 5.32 Å². The highest BCUT2D eigenvalue weighted by atomic mass is 32.1. The number of carbonyl (C=O) groups excluding carboxylic acids is 1. The van der Waals surface area contributed by atoms with Crippen molar-refractivity contribution in [1.82, 2.24) is 10.3 Å². The fraction of sp³-hybridized carbons (Fsp3) is 0.429. The molecule has 0 bridgehead atoms. The standard InChI is InChI=1S/C14H18N2O3S/c1-4-14(2,13-15-6-8-20-13)16-9-11-10(5-7-19-11)12(17)18-3/h5-8,16H,4,9H2,1-3H3/t14-/m0/s1. The van der Waals surface area contributed by atoms with Crippen LogP contribution in [0.4, 0.5) is 0 Å². The number of aromatic nitrogens is 1. The van der Waals surface area contributed by atoms with Crippen molar-refractivity contribution in [2.75, 3.05) is 7.11 Å². The van der Waals surface area contributed by atoms with Gasteiger partial charge in [0, 0.05) is 11.6 Å². The van der Waals surface area contributed by atoms with E-state index in [4.69, 9.17) is 9.15 Å². The summed E-state index contributed by atoms with van der Waals surface area (Å²) in [6.07, 6.45) is 4.17. The number of furan rings is 1. The van der Waals surface area contributed by atoms with Crippen molar-refractivity contribution in [3.63, 3.8) is 0 Å². The number of methoxy groups -OCH3 is 1. The highest BCUT2D eigenvalue weighted by Crippen LogP contribution is 2.27. The molecule has 2 heterocycles. The predicted octanol–water partition coefficient (Wildman–Crippen LogP) is 2.94. The van der Waals surface area contributed by atoms with Crippen LogP contribution in [0.5, 0.6) is 0 Å². The Morgan fingerprint density at radius 1 is 1.60 bits per heavy atom. The summed E-state index contributed by atoms with van der Waals surface area (Å²) in [4.78, 5) is 16.0. The Bertz CT molecular complexity index is 565. The van der Waals surface area contributed by atoms with Crippen molar-refractivity contribution < 1.29 is 13.9 Å². The maximum absolute atomic E-state index is 11.6. The molecule has 1 atom stereocenters. The van der Waals surface area contributed by atoms with E-state index < -0.39 is 0 Å². The minimum atomic E-state index is -0.386. The molecule has 0 aliphatic heterocycles. The van der Waals surface area contributed by atoms with Gasteiger partial charge in [-0.2, -0.15) is 0 Å². The number of carbonyl (C=O) groups is 1. The summed E-state index contributed by atoms with van der Waals surface area (Å²) >= 11 is 1.61. The highest BCUT2D eigenvalue weighted by molar-refractivity contribution is 7.09. The van der Waals surface area contributed by atoms with E-state index in [1.807, 2.05) is 5.38 Å². The number of rotatable bonds is 6. The molecule has 0 unspecified atom stereocenters. The number of hydrogen-bond acceptors (Lipinski definition) is 6. The topological polar surface area (TPSA) is 64.4 Å². The van der Waals surface area contributed by atoms with Gasteiger partial charge < -0.3 is 9.15 Å². The van der Waals surface area contributed by atoms with Gasteiger partial charge in [-0.05, 0) is 19.4 Å². The summed E-state index contributed by atoms with van der Waals surface area (Å²) in [6, 6.07) is 1.62. The van der Waals surface area contributed by atoms with Gasteiger partial charge in [0.1, 0.15) is 16.3 Å². The maximum atomic E-state index is 11.6. The average molecular weight is 294 g/mol. The Kier molecular flexibility index (Phi) is 4.57. The van der Waals surface area contributed by atoms with Crippen molar-refractivity contribution in [3.05, 3.63) is 40.2 Å². The summed E-state index contributed by atoms with van der Waals surface area (Å²) in [6.45, 7) is 4.63. The fourth-order valence-electron chi connectivity index (χ4n) is 1.89. The van der Waals surface area contributed by atoms with E-state index in [9.17, 15) is 4.79 Å². The van der Waals surface area contributed by atoms with Crippen molar-refractivity contribution >= 4 is 17.3 Å². The van der Waals surface area contributed by atoms with Crippen LogP contribution in [0, 0.1) is 0 Å². The molecule has 0 aliphatic carbocycles. The van der Waals surface area contributed by atoms with Crippen molar-refractivity contribution in [2.24, 2.45) is 0 Å². The smallest absolute Gasteiger partial charge is 0.341 e. The van der Waals surface area contributed by atoms with Crippen LogP contribution in [0.15, 0.2) is 28.3 Å². The Morgan fingerprint density at radius 3 is 3.00 bits per heavy atom. The van der Waals surface area contributed by atoms with E-state index in [2.05, 4.69) is 24.1 Å². The second-order valence-corrected chi connectivity index (χ2v) is 5.52. The minimum Gasteiger partial charge on any atom is -0.467 e. The molecule has 6 heteroatoms.